The van der Waals surface area contributed by atoms with Crippen molar-refractivity contribution >= 4 is 39.8 Å². The highest BCUT2D eigenvalue weighted by atomic mass is 32.1. The number of hydrogen-bond donors (Lipinski definition) is 0. The third-order valence-electron chi connectivity index (χ3n) is 3.55. The van der Waals surface area contributed by atoms with E-state index in [1.54, 1.807) is 22.7 Å². The number of carbonyl (C=O) groups excluding carboxylic acids is 1. The Balaban J connectivity index is 1.94. The van der Waals surface area contributed by atoms with E-state index in [0.717, 1.165) is 26.1 Å². The van der Waals surface area contributed by atoms with Crippen molar-refractivity contribution in [1.29, 1.82) is 0 Å². The molecule has 0 aliphatic carbocycles. The maximum atomic E-state index is 12.9. The minimum atomic E-state index is -0.0122. The average molecular weight is 356 g/mol. The molecular weight excluding hydrogens is 344 g/mol. The van der Waals surface area contributed by atoms with E-state index in [1.807, 2.05) is 64.2 Å². The Bertz CT molecular complexity index is 933. The summed E-state index contributed by atoms with van der Waals surface area (Å²) < 4.78 is 2.03. The third-order valence-corrected chi connectivity index (χ3v) is 6.16. The van der Waals surface area contributed by atoms with Gasteiger partial charge in [-0.05, 0) is 34.3 Å². The van der Waals surface area contributed by atoms with Gasteiger partial charge in [-0.15, -0.1) is 34.0 Å². The monoisotopic (exact) mass is 356 g/mol. The molecule has 4 aromatic heterocycles. The molecule has 0 N–H and O–H groups in total. The molecule has 0 aromatic carbocycles. The molecule has 0 saturated heterocycles. The van der Waals surface area contributed by atoms with Crippen molar-refractivity contribution in [3.8, 4) is 21.3 Å². The zero-order valence-electron chi connectivity index (χ0n) is 12.2. The van der Waals surface area contributed by atoms with Crippen molar-refractivity contribution in [2.75, 3.05) is 0 Å². The van der Waals surface area contributed by atoms with Crippen molar-refractivity contribution < 1.29 is 4.79 Å². The second-order valence-electron chi connectivity index (χ2n) is 4.95. The summed E-state index contributed by atoms with van der Waals surface area (Å²) in [5.41, 5.74) is 1.42. The predicted molar refractivity (Wildman–Crippen MR) is 97.6 cm³/mol. The van der Waals surface area contributed by atoms with Gasteiger partial charge in [0.25, 0.3) is 0 Å². The lowest BCUT2D eigenvalue weighted by Crippen LogP contribution is -2.02. The largest absolute Gasteiger partial charge is 0.325 e. The van der Waals surface area contributed by atoms with Gasteiger partial charge in [-0.3, -0.25) is 4.79 Å². The first-order valence-corrected chi connectivity index (χ1v) is 9.62. The highest BCUT2D eigenvalue weighted by Gasteiger charge is 2.25. The second kappa shape index (κ2) is 5.88. The highest BCUT2D eigenvalue weighted by Crippen LogP contribution is 2.34. The van der Waals surface area contributed by atoms with Gasteiger partial charge in [0, 0.05) is 7.05 Å². The van der Waals surface area contributed by atoms with Crippen LogP contribution in [0.5, 0.6) is 0 Å². The van der Waals surface area contributed by atoms with E-state index in [0.29, 0.717) is 5.69 Å². The van der Waals surface area contributed by atoms with Gasteiger partial charge in [0.15, 0.2) is 5.82 Å². The number of ketones is 1. The number of rotatable bonds is 4. The molecule has 0 saturated carbocycles. The first kappa shape index (κ1) is 14.6. The van der Waals surface area contributed by atoms with Crippen LogP contribution < -0.4 is 0 Å². The fourth-order valence-corrected chi connectivity index (χ4v) is 4.72. The van der Waals surface area contributed by atoms with Crippen LogP contribution >= 0.6 is 34.0 Å². The third kappa shape index (κ3) is 2.49. The number of thiophene rings is 3. The number of aromatic nitrogens is 2. The molecule has 0 atom stereocenters. The Morgan fingerprint density at radius 2 is 1.61 bits per heavy atom. The zero-order valence-corrected chi connectivity index (χ0v) is 14.7. The smallest absolute Gasteiger partial charge is 0.223 e. The van der Waals surface area contributed by atoms with E-state index >= 15 is 0 Å². The number of carbonyl (C=O) groups is 1. The molecule has 0 aliphatic rings. The second-order valence-corrected chi connectivity index (χ2v) is 7.80. The van der Waals surface area contributed by atoms with Gasteiger partial charge >= 0.3 is 0 Å². The van der Waals surface area contributed by atoms with Gasteiger partial charge in [0.05, 0.1) is 20.3 Å². The van der Waals surface area contributed by atoms with Crippen LogP contribution in [0.4, 0.5) is 0 Å². The van der Waals surface area contributed by atoms with Crippen LogP contribution in [0.1, 0.15) is 15.4 Å². The van der Waals surface area contributed by atoms with Gasteiger partial charge in [-0.1, -0.05) is 18.2 Å². The normalized spacial score (nSPS) is 11.0. The lowest BCUT2D eigenvalue weighted by Gasteiger charge is -2.04. The molecule has 0 unspecified atom stereocenters. The van der Waals surface area contributed by atoms with E-state index < -0.39 is 0 Å². The van der Waals surface area contributed by atoms with Crippen molar-refractivity contribution in [2.24, 2.45) is 7.05 Å². The maximum absolute atomic E-state index is 12.9. The van der Waals surface area contributed by atoms with Crippen LogP contribution in [0, 0.1) is 0 Å². The lowest BCUT2D eigenvalue weighted by atomic mass is 10.2. The first-order chi connectivity index (χ1) is 11.3. The number of imidazole rings is 1. The summed E-state index contributed by atoms with van der Waals surface area (Å²) >= 11 is 4.70. The molecular formula is C17H12N2OS3. The zero-order chi connectivity index (χ0) is 15.8. The molecule has 114 valence electrons. The summed E-state index contributed by atoms with van der Waals surface area (Å²) in [6.45, 7) is 0. The van der Waals surface area contributed by atoms with E-state index in [2.05, 4.69) is 0 Å². The minimum absolute atomic E-state index is 0.0122. The molecule has 6 heteroatoms. The molecule has 3 nitrogen and oxygen atoms in total. The maximum Gasteiger partial charge on any atom is 0.223 e. The SMILES string of the molecule is Cn1c(-c2cccs2)nc(C(=O)c2cccs2)c1-c1cccs1. The van der Waals surface area contributed by atoms with Crippen LogP contribution in [-0.4, -0.2) is 15.3 Å². The quantitative estimate of drug-likeness (QED) is 0.473. The van der Waals surface area contributed by atoms with E-state index in [4.69, 9.17) is 4.98 Å². The number of nitrogens with zero attached hydrogens (tertiary/aromatic N) is 2. The van der Waals surface area contributed by atoms with Crippen molar-refractivity contribution in [1.82, 2.24) is 9.55 Å². The van der Waals surface area contributed by atoms with E-state index in [-0.39, 0.29) is 5.78 Å². The Morgan fingerprint density at radius 3 is 2.22 bits per heavy atom. The molecule has 4 rings (SSSR count). The topological polar surface area (TPSA) is 34.9 Å². The Kier molecular flexibility index (Phi) is 3.72. The van der Waals surface area contributed by atoms with E-state index in [1.165, 1.54) is 11.3 Å². The average Bonchev–Trinajstić information content (AvgIpc) is 3.32. The van der Waals surface area contributed by atoms with Crippen molar-refractivity contribution in [2.45, 2.75) is 0 Å². The summed E-state index contributed by atoms with van der Waals surface area (Å²) in [7, 11) is 1.97. The van der Waals surface area contributed by atoms with Gasteiger partial charge in [-0.2, -0.15) is 0 Å². The summed E-state index contributed by atoms with van der Waals surface area (Å²) in [6.07, 6.45) is 0. The van der Waals surface area contributed by atoms with E-state index in [9.17, 15) is 4.79 Å². The van der Waals surface area contributed by atoms with Crippen LogP contribution in [0.3, 0.4) is 0 Å². The summed E-state index contributed by atoms with van der Waals surface area (Å²) in [6, 6.07) is 11.8. The molecule has 23 heavy (non-hydrogen) atoms. The van der Waals surface area contributed by atoms with Crippen LogP contribution in [0.15, 0.2) is 52.5 Å². The van der Waals surface area contributed by atoms with Crippen molar-refractivity contribution in [3.05, 3.63) is 63.1 Å². The van der Waals surface area contributed by atoms with Gasteiger partial charge in [0.2, 0.25) is 5.78 Å². The first-order valence-electron chi connectivity index (χ1n) is 6.98. The molecule has 0 spiro atoms. The molecule has 0 amide bonds. The molecule has 4 aromatic rings. The lowest BCUT2D eigenvalue weighted by molar-refractivity contribution is 0.103. The Morgan fingerprint density at radius 1 is 0.957 bits per heavy atom. The van der Waals surface area contributed by atoms with Crippen molar-refractivity contribution in [3.63, 3.8) is 0 Å². The summed E-state index contributed by atoms with van der Waals surface area (Å²) in [5, 5.41) is 5.96. The molecule has 4 heterocycles. The highest BCUT2D eigenvalue weighted by molar-refractivity contribution is 7.14. The predicted octanol–water partition coefficient (Wildman–Crippen LogP) is 5.17. The van der Waals surface area contributed by atoms with Crippen LogP contribution in [-0.2, 0) is 7.05 Å². The summed E-state index contributed by atoms with van der Waals surface area (Å²) in [5.74, 6) is 0.824. The number of hydrogen-bond acceptors (Lipinski definition) is 5. The minimum Gasteiger partial charge on any atom is -0.325 e. The fraction of sp³-hybridized carbons (Fsp3) is 0.0588. The Labute approximate surface area is 145 Å². The van der Waals surface area contributed by atoms with Crippen LogP contribution in [0.25, 0.3) is 21.3 Å². The fourth-order valence-electron chi connectivity index (χ4n) is 2.50. The molecule has 0 aliphatic heterocycles. The van der Waals surface area contributed by atoms with Gasteiger partial charge < -0.3 is 4.57 Å². The molecule has 0 bridgehead atoms. The van der Waals surface area contributed by atoms with Crippen LogP contribution in [0.2, 0.25) is 0 Å². The Hall–Kier alpha value is -2.02. The molecule has 0 fully saturated rings. The standard InChI is InChI=1S/C17H12N2OS3/c1-19-15(11-5-2-8-21-11)14(16(20)12-6-3-9-22-12)18-17(19)13-7-4-10-23-13/h2-10H,1H3. The molecule has 0 radical (unpaired) electrons. The van der Waals surface area contributed by atoms with Gasteiger partial charge in [0.1, 0.15) is 5.69 Å². The summed E-state index contributed by atoms with van der Waals surface area (Å²) in [4.78, 5) is 20.4. The van der Waals surface area contributed by atoms with Gasteiger partial charge in [-0.25, -0.2) is 4.98 Å².